The van der Waals surface area contributed by atoms with Gasteiger partial charge in [-0.2, -0.15) is 11.3 Å². The fourth-order valence-electron chi connectivity index (χ4n) is 4.20. The number of carbonyl (C=O) groups is 1. The van der Waals surface area contributed by atoms with Gasteiger partial charge in [-0.1, -0.05) is 46.4 Å². The van der Waals surface area contributed by atoms with Crippen molar-refractivity contribution in [3.8, 4) is 0 Å². The number of thioether (sulfide) groups is 1. The van der Waals surface area contributed by atoms with E-state index in [9.17, 15) is 15.0 Å². The molecule has 32 heavy (non-hydrogen) atoms. The SMILES string of the molecule is Cc1cc(SC2=C(O)CC(CCc3ccsc3)(C(C)C)OC2=O)c(C(C)(C)C)c(CO)n1. The summed E-state index contributed by atoms with van der Waals surface area (Å²) < 4.78 is 6.06. The number of pyridine rings is 1. The largest absolute Gasteiger partial charge is 0.511 e. The van der Waals surface area contributed by atoms with Crippen molar-refractivity contribution >= 4 is 29.1 Å². The second-order valence-corrected chi connectivity index (χ2v) is 11.6. The van der Waals surface area contributed by atoms with E-state index in [1.807, 2.05) is 53.0 Å². The minimum absolute atomic E-state index is 0.0630. The molecule has 3 rings (SSSR count). The van der Waals surface area contributed by atoms with Crippen molar-refractivity contribution in [2.75, 3.05) is 0 Å². The molecule has 1 unspecified atom stereocenters. The maximum Gasteiger partial charge on any atom is 0.349 e. The van der Waals surface area contributed by atoms with Gasteiger partial charge in [-0.25, -0.2) is 4.79 Å². The molecule has 0 radical (unpaired) electrons. The number of hydrogen-bond acceptors (Lipinski definition) is 7. The lowest BCUT2D eigenvalue weighted by Gasteiger charge is -2.40. The van der Waals surface area contributed by atoms with Gasteiger partial charge in [-0.05, 0) is 65.1 Å². The quantitative estimate of drug-likeness (QED) is 0.473. The van der Waals surface area contributed by atoms with Crippen molar-refractivity contribution in [1.82, 2.24) is 4.98 Å². The fraction of sp³-hybridized carbons (Fsp3) is 0.520. The molecule has 0 spiro atoms. The van der Waals surface area contributed by atoms with Crippen LogP contribution in [0.15, 0.2) is 38.5 Å². The van der Waals surface area contributed by atoms with Crippen molar-refractivity contribution in [2.45, 2.75) is 83.3 Å². The van der Waals surface area contributed by atoms with Crippen LogP contribution in [0.3, 0.4) is 0 Å². The molecule has 3 heterocycles. The average Bonchev–Trinajstić information content (AvgIpc) is 3.21. The van der Waals surface area contributed by atoms with Crippen LogP contribution in [0.4, 0.5) is 0 Å². The maximum atomic E-state index is 13.2. The molecule has 0 bridgehead atoms. The third kappa shape index (κ3) is 5.21. The number of rotatable bonds is 7. The number of cyclic esters (lactones) is 1. The van der Waals surface area contributed by atoms with E-state index >= 15 is 0 Å². The van der Waals surface area contributed by atoms with Gasteiger partial charge < -0.3 is 14.9 Å². The molecule has 0 aliphatic carbocycles. The molecular weight excluding hydrogens is 442 g/mol. The number of carbonyl (C=O) groups excluding carboxylic acids is 1. The predicted molar refractivity (Wildman–Crippen MR) is 130 cm³/mol. The fourth-order valence-corrected chi connectivity index (χ4v) is 6.20. The monoisotopic (exact) mass is 475 g/mol. The Bertz CT molecular complexity index is 1010. The topological polar surface area (TPSA) is 79.7 Å². The van der Waals surface area contributed by atoms with Crippen LogP contribution in [0.5, 0.6) is 0 Å². The van der Waals surface area contributed by atoms with Gasteiger partial charge in [0, 0.05) is 17.0 Å². The lowest BCUT2D eigenvalue weighted by molar-refractivity contribution is -0.164. The normalized spacial score (nSPS) is 19.6. The summed E-state index contributed by atoms with van der Waals surface area (Å²) in [6.45, 7) is 11.9. The molecule has 0 saturated carbocycles. The highest BCUT2D eigenvalue weighted by Gasteiger charge is 2.44. The Morgan fingerprint density at radius 1 is 1.34 bits per heavy atom. The number of esters is 1. The Morgan fingerprint density at radius 2 is 2.06 bits per heavy atom. The van der Waals surface area contributed by atoms with Crippen LogP contribution < -0.4 is 0 Å². The third-order valence-corrected chi connectivity index (χ3v) is 7.86. The molecule has 1 atom stereocenters. The van der Waals surface area contributed by atoms with Crippen LogP contribution in [0.1, 0.15) is 70.0 Å². The molecule has 5 nitrogen and oxygen atoms in total. The first-order valence-electron chi connectivity index (χ1n) is 10.9. The lowest BCUT2D eigenvalue weighted by Crippen LogP contribution is -2.44. The van der Waals surface area contributed by atoms with Gasteiger partial charge in [0.05, 0.1) is 12.3 Å². The summed E-state index contributed by atoms with van der Waals surface area (Å²) in [5.74, 6) is -0.351. The first kappa shape index (κ1) is 24.8. The number of aryl methyl sites for hydroxylation is 2. The van der Waals surface area contributed by atoms with Crippen molar-refractivity contribution < 1.29 is 19.7 Å². The van der Waals surface area contributed by atoms with Crippen molar-refractivity contribution in [1.29, 1.82) is 0 Å². The molecule has 0 saturated heterocycles. The Morgan fingerprint density at radius 3 is 2.59 bits per heavy atom. The molecule has 7 heteroatoms. The molecule has 0 fully saturated rings. The van der Waals surface area contributed by atoms with E-state index in [1.54, 1.807) is 11.3 Å². The molecule has 0 aromatic carbocycles. The van der Waals surface area contributed by atoms with Crippen LogP contribution in [-0.2, 0) is 28.0 Å². The van der Waals surface area contributed by atoms with E-state index < -0.39 is 11.6 Å². The van der Waals surface area contributed by atoms with Gasteiger partial charge in [0.25, 0.3) is 0 Å². The zero-order valence-corrected chi connectivity index (χ0v) is 21.3. The Hall–Kier alpha value is -1.83. The van der Waals surface area contributed by atoms with E-state index in [0.29, 0.717) is 18.5 Å². The standard InChI is InChI=1S/C25H33NO4S2/c1-15(2)25(9-7-17-8-10-31-14-17)12-19(28)22(23(29)30-25)32-20-11-16(3)26-18(13-27)21(20)24(4,5)6/h8,10-11,14-15,27-28H,7,9,12-13H2,1-6H3. The Balaban J connectivity index is 1.95. The zero-order valence-electron chi connectivity index (χ0n) is 19.7. The molecular formula is C25H33NO4S2. The number of nitrogens with zero attached hydrogens (tertiary/aromatic N) is 1. The first-order valence-corrected chi connectivity index (χ1v) is 12.7. The number of aliphatic hydroxyl groups is 2. The summed E-state index contributed by atoms with van der Waals surface area (Å²) in [6, 6.07) is 3.98. The summed E-state index contributed by atoms with van der Waals surface area (Å²) in [7, 11) is 0. The summed E-state index contributed by atoms with van der Waals surface area (Å²) >= 11 is 2.86. The van der Waals surface area contributed by atoms with Crippen molar-refractivity contribution in [3.63, 3.8) is 0 Å². The van der Waals surface area contributed by atoms with Crippen molar-refractivity contribution in [3.05, 3.63) is 56.1 Å². The first-order chi connectivity index (χ1) is 15.0. The minimum Gasteiger partial charge on any atom is -0.511 e. The van der Waals surface area contributed by atoms with Gasteiger partial charge in [0.15, 0.2) is 0 Å². The van der Waals surface area contributed by atoms with Crippen molar-refractivity contribution in [2.24, 2.45) is 5.92 Å². The van der Waals surface area contributed by atoms with Gasteiger partial charge in [0.2, 0.25) is 0 Å². The zero-order chi connectivity index (χ0) is 23.7. The predicted octanol–water partition coefficient (Wildman–Crippen LogP) is 6.08. The number of thiophene rings is 1. The molecule has 2 N–H and O–H groups in total. The van der Waals surface area contributed by atoms with Crippen LogP contribution in [-0.4, -0.2) is 26.8 Å². The molecule has 2 aromatic heterocycles. The molecule has 1 aliphatic heterocycles. The summed E-state index contributed by atoms with van der Waals surface area (Å²) in [4.78, 5) is 18.7. The van der Waals surface area contributed by atoms with E-state index in [2.05, 4.69) is 16.4 Å². The number of ether oxygens (including phenoxy) is 1. The molecule has 1 aliphatic rings. The number of aliphatic hydroxyl groups excluding tert-OH is 2. The van der Waals surface area contributed by atoms with E-state index in [1.165, 1.54) is 17.3 Å². The van der Waals surface area contributed by atoms with Gasteiger partial charge in [0.1, 0.15) is 16.3 Å². The maximum absolute atomic E-state index is 13.2. The van der Waals surface area contributed by atoms with Crippen LogP contribution in [0.25, 0.3) is 0 Å². The van der Waals surface area contributed by atoms with E-state index in [-0.39, 0.29) is 28.6 Å². The molecule has 174 valence electrons. The minimum atomic E-state index is -0.732. The Kier molecular flexibility index (Phi) is 7.42. The molecule has 2 aromatic rings. The molecule has 0 amide bonds. The van der Waals surface area contributed by atoms with E-state index in [0.717, 1.165) is 22.6 Å². The number of hydrogen-bond donors (Lipinski definition) is 2. The van der Waals surface area contributed by atoms with Crippen LogP contribution >= 0.6 is 23.1 Å². The average molecular weight is 476 g/mol. The van der Waals surface area contributed by atoms with Gasteiger partial charge in [-0.3, -0.25) is 4.98 Å². The summed E-state index contributed by atoms with van der Waals surface area (Å²) in [6.07, 6.45) is 1.75. The second kappa shape index (κ2) is 9.57. The second-order valence-electron chi connectivity index (χ2n) is 9.79. The smallest absolute Gasteiger partial charge is 0.349 e. The van der Waals surface area contributed by atoms with Gasteiger partial charge in [-0.15, -0.1) is 0 Å². The highest BCUT2D eigenvalue weighted by atomic mass is 32.2. The summed E-state index contributed by atoms with van der Waals surface area (Å²) in [5.41, 5.74) is 2.41. The number of aromatic nitrogens is 1. The third-order valence-electron chi connectivity index (χ3n) is 5.98. The highest BCUT2D eigenvalue weighted by molar-refractivity contribution is 8.04. The van der Waals surface area contributed by atoms with E-state index in [4.69, 9.17) is 4.74 Å². The Labute approximate surface area is 198 Å². The van der Waals surface area contributed by atoms with Gasteiger partial charge >= 0.3 is 5.97 Å². The lowest BCUT2D eigenvalue weighted by atomic mass is 9.80. The van der Waals surface area contributed by atoms with Crippen LogP contribution in [0, 0.1) is 12.8 Å². The van der Waals surface area contributed by atoms with Crippen LogP contribution in [0.2, 0.25) is 0 Å². The highest BCUT2D eigenvalue weighted by Crippen LogP contribution is 2.45. The summed E-state index contributed by atoms with van der Waals surface area (Å²) in [5, 5.41) is 25.1.